The molecule has 3 heterocycles. The summed E-state index contributed by atoms with van der Waals surface area (Å²) in [7, 11) is 0. The molecule has 0 saturated heterocycles. The molecule has 0 saturated carbocycles. The number of hydrogen-bond donors (Lipinski definition) is 1. The highest BCUT2D eigenvalue weighted by molar-refractivity contribution is 5.97. The van der Waals surface area contributed by atoms with Gasteiger partial charge >= 0.3 is 0 Å². The van der Waals surface area contributed by atoms with Crippen LogP contribution in [0, 0.1) is 0 Å². The van der Waals surface area contributed by atoms with Crippen molar-refractivity contribution in [2.75, 3.05) is 0 Å². The number of carbonyl (C=O) groups excluding carboxylic acids is 1. The Balaban J connectivity index is 1.83. The zero-order valence-electron chi connectivity index (χ0n) is 14.8. The molecule has 0 bridgehead atoms. The van der Waals surface area contributed by atoms with E-state index in [1.54, 1.807) is 26.0 Å². The van der Waals surface area contributed by atoms with Gasteiger partial charge in [0.15, 0.2) is 23.7 Å². The number of carbonyl (C=O) groups is 1. The van der Waals surface area contributed by atoms with Crippen molar-refractivity contribution in [2.45, 2.75) is 45.6 Å². The molecule has 8 nitrogen and oxygen atoms in total. The van der Waals surface area contributed by atoms with E-state index in [0.29, 0.717) is 17.5 Å². The van der Waals surface area contributed by atoms with Crippen LogP contribution in [0.25, 0.3) is 11.5 Å². The molecule has 0 spiro atoms. The van der Waals surface area contributed by atoms with Gasteiger partial charge in [-0.25, -0.2) is 4.98 Å². The summed E-state index contributed by atoms with van der Waals surface area (Å²) in [5.41, 5.74) is -1.00. The third-order valence-electron chi connectivity index (χ3n) is 3.58. The molecule has 0 unspecified atom stereocenters. The number of furan rings is 1. The van der Waals surface area contributed by atoms with Crippen molar-refractivity contribution in [3.8, 4) is 11.5 Å². The normalized spacial score (nSPS) is 12.4. The zero-order valence-corrected chi connectivity index (χ0v) is 14.8. The molecule has 0 atom stereocenters. The first kappa shape index (κ1) is 16.9. The summed E-state index contributed by atoms with van der Waals surface area (Å²) in [5, 5.41) is 6.85. The van der Waals surface area contributed by atoms with Crippen LogP contribution >= 0.6 is 0 Å². The first-order valence-corrected chi connectivity index (χ1v) is 7.83. The summed E-state index contributed by atoms with van der Waals surface area (Å²) in [6, 6.07) is 3.40. The van der Waals surface area contributed by atoms with Crippen LogP contribution in [0.3, 0.4) is 0 Å². The lowest BCUT2D eigenvalue weighted by Gasteiger charge is -2.22. The van der Waals surface area contributed by atoms with E-state index in [1.165, 1.54) is 12.7 Å². The molecule has 0 aliphatic rings. The Bertz CT molecular complexity index is 869. The summed E-state index contributed by atoms with van der Waals surface area (Å²) < 4.78 is 15.9. The van der Waals surface area contributed by atoms with E-state index >= 15 is 0 Å². The zero-order chi connectivity index (χ0) is 18.2. The smallest absolute Gasteiger partial charge is 0.274 e. The van der Waals surface area contributed by atoms with E-state index in [-0.39, 0.29) is 16.9 Å². The second-order valence-corrected chi connectivity index (χ2v) is 7.26. The van der Waals surface area contributed by atoms with Crippen LogP contribution in [-0.2, 0) is 11.0 Å². The van der Waals surface area contributed by atoms with Crippen LogP contribution in [0.2, 0.25) is 0 Å². The molecule has 8 heteroatoms. The average Bonchev–Trinajstić information content (AvgIpc) is 3.25. The molecular weight excluding hydrogens is 324 g/mol. The molecule has 3 aromatic heterocycles. The molecule has 0 aliphatic heterocycles. The number of amides is 1. The highest BCUT2D eigenvalue weighted by atomic mass is 16.5. The number of nitrogens with zero attached hydrogens (tertiary/aromatic N) is 3. The standard InChI is InChI=1S/C17H20N4O4/c1-16(2,3)15-19-14(21-25-15)17(4,5)20-13(22)11-12(24-9-18-11)10-7-6-8-23-10/h6-9H,1-5H3,(H,20,22). The Kier molecular flexibility index (Phi) is 3.98. The molecule has 3 rings (SSSR count). The summed E-state index contributed by atoms with van der Waals surface area (Å²) >= 11 is 0. The van der Waals surface area contributed by atoms with Gasteiger partial charge in [-0.3, -0.25) is 4.79 Å². The van der Waals surface area contributed by atoms with Crippen molar-refractivity contribution in [2.24, 2.45) is 0 Å². The largest absolute Gasteiger partial charge is 0.461 e. The third-order valence-corrected chi connectivity index (χ3v) is 3.58. The van der Waals surface area contributed by atoms with Crippen molar-refractivity contribution < 1.29 is 18.2 Å². The van der Waals surface area contributed by atoms with E-state index in [0.717, 1.165) is 0 Å². The third kappa shape index (κ3) is 3.33. The van der Waals surface area contributed by atoms with Gasteiger partial charge in [0, 0.05) is 5.41 Å². The molecule has 3 aromatic rings. The lowest BCUT2D eigenvalue weighted by molar-refractivity contribution is 0.0903. The maximum Gasteiger partial charge on any atom is 0.274 e. The van der Waals surface area contributed by atoms with Gasteiger partial charge < -0.3 is 18.7 Å². The number of hydrogen-bond acceptors (Lipinski definition) is 7. The van der Waals surface area contributed by atoms with Crippen LogP contribution in [-0.4, -0.2) is 21.0 Å². The van der Waals surface area contributed by atoms with Crippen LogP contribution in [0.1, 0.15) is 56.8 Å². The highest BCUT2D eigenvalue weighted by Crippen LogP contribution is 2.26. The minimum absolute atomic E-state index is 0.127. The van der Waals surface area contributed by atoms with E-state index in [2.05, 4.69) is 20.4 Å². The van der Waals surface area contributed by atoms with Crippen LogP contribution < -0.4 is 5.32 Å². The highest BCUT2D eigenvalue weighted by Gasteiger charge is 2.33. The van der Waals surface area contributed by atoms with Gasteiger partial charge in [-0.15, -0.1) is 0 Å². The molecule has 0 radical (unpaired) electrons. The van der Waals surface area contributed by atoms with Crippen LogP contribution in [0.15, 0.2) is 38.1 Å². The fourth-order valence-corrected chi connectivity index (χ4v) is 2.17. The van der Waals surface area contributed by atoms with Crippen molar-refractivity contribution in [1.82, 2.24) is 20.4 Å². The molecule has 0 fully saturated rings. The number of aromatic nitrogens is 3. The summed E-state index contributed by atoms with van der Waals surface area (Å²) in [6.45, 7) is 9.49. The monoisotopic (exact) mass is 344 g/mol. The van der Waals surface area contributed by atoms with Crippen molar-refractivity contribution in [3.63, 3.8) is 0 Å². The molecule has 0 aromatic carbocycles. The fourth-order valence-electron chi connectivity index (χ4n) is 2.17. The van der Waals surface area contributed by atoms with Crippen molar-refractivity contribution >= 4 is 5.91 Å². The average molecular weight is 344 g/mol. The predicted octanol–water partition coefficient (Wildman–Crippen LogP) is 3.28. The van der Waals surface area contributed by atoms with E-state index in [4.69, 9.17) is 13.4 Å². The van der Waals surface area contributed by atoms with Gasteiger partial charge in [0.1, 0.15) is 0 Å². The molecule has 1 amide bonds. The van der Waals surface area contributed by atoms with Crippen LogP contribution in [0.5, 0.6) is 0 Å². The van der Waals surface area contributed by atoms with E-state index in [1.807, 2.05) is 20.8 Å². The lowest BCUT2D eigenvalue weighted by Crippen LogP contribution is -2.42. The minimum Gasteiger partial charge on any atom is -0.461 e. The quantitative estimate of drug-likeness (QED) is 0.773. The first-order chi connectivity index (χ1) is 11.7. The van der Waals surface area contributed by atoms with Crippen molar-refractivity contribution in [3.05, 3.63) is 42.2 Å². The molecule has 0 aliphatic carbocycles. The molecular formula is C17H20N4O4. The van der Waals surface area contributed by atoms with Gasteiger partial charge in [-0.2, -0.15) is 4.98 Å². The SMILES string of the molecule is CC(C)(C)c1nc(C(C)(C)NC(=O)c2ncoc2-c2ccco2)no1. The summed E-state index contributed by atoms with van der Waals surface area (Å²) in [6.07, 6.45) is 2.70. The van der Waals surface area contributed by atoms with Gasteiger partial charge in [-0.05, 0) is 26.0 Å². The maximum atomic E-state index is 12.7. The number of nitrogens with one attached hydrogen (secondary N) is 1. The Labute approximate surface area is 144 Å². The van der Waals surface area contributed by atoms with Crippen molar-refractivity contribution in [1.29, 1.82) is 0 Å². The number of oxazole rings is 1. The van der Waals surface area contributed by atoms with E-state index < -0.39 is 11.4 Å². The molecule has 132 valence electrons. The van der Waals surface area contributed by atoms with Gasteiger partial charge in [0.2, 0.25) is 11.7 Å². The Morgan fingerprint density at radius 2 is 1.92 bits per heavy atom. The fraction of sp³-hybridized carbons (Fsp3) is 0.412. The van der Waals surface area contributed by atoms with Gasteiger partial charge in [0.05, 0.1) is 11.8 Å². The first-order valence-electron chi connectivity index (χ1n) is 7.83. The van der Waals surface area contributed by atoms with Gasteiger partial charge in [0.25, 0.3) is 5.91 Å². The Morgan fingerprint density at radius 3 is 2.52 bits per heavy atom. The number of rotatable bonds is 4. The summed E-state index contributed by atoms with van der Waals surface area (Å²) in [4.78, 5) is 21.0. The second-order valence-electron chi connectivity index (χ2n) is 7.26. The molecule has 1 N–H and O–H groups in total. The summed E-state index contributed by atoms with van der Waals surface area (Å²) in [5.74, 6) is 1.15. The van der Waals surface area contributed by atoms with Gasteiger partial charge in [-0.1, -0.05) is 25.9 Å². The lowest BCUT2D eigenvalue weighted by atomic mass is 9.97. The topological polar surface area (TPSA) is 107 Å². The Hall–Kier alpha value is -2.90. The van der Waals surface area contributed by atoms with Crippen LogP contribution in [0.4, 0.5) is 0 Å². The maximum absolute atomic E-state index is 12.7. The minimum atomic E-state index is -0.858. The Morgan fingerprint density at radius 1 is 1.16 bits per heavy atom. The second kappa shape index (κ2) is 5.87. The predicted molar refractivity (Wildman–Crippen MR) is 87.7 cm³/mol. The molecule has 25 heavy (non-hydrogen) atoms. The van der Waals surface area contributed by atoms with E-state index in [9.17, 15) is 4.79 Å².